The van der Waals surface area contributed by atoms with Gasteiger partial charge < -0.3 is 14.1 Å². The molecule has 0 spiro atoms. The maximum Gasteiger partial charge on any atom is 0.326 e. The van der Waals surface area contributed by atoms with E-state index >= 15 is 0 Å². The van der Waals surface area contributed by atoms with Crippen LogP contribution in [0, 0.1) is 16.0 Å². The molecule has 1 amide bonds. The van der Waals surface area contributed by atoms with E-state index in [1.54, 1.807) is 28.8 Å². The average molecular weight is 545 g/mol. The lowest BCUT2D eigenvalue weighted by Gasteiger charge is -2.51. The van der Waals surface area contributed by atoms with Gasteiger partial charge in [-0.3, -0.25) is 19.7 Å². The zero-order valence-corrected chi connectivity index (χ0v) is 24.1. The molecule has 0 saturated carbocycles. The van der Waals surface area contributed by atoms with Crippen molar-refractivity contribution in [1.82, 2.24) is 4.90 Å². The Bertz CT molecular complexity index is 1100. The number of likely N-dealkylation sites (tertiary alicyclic amines) is 1. The molecule has 0 aliphatic carbocycles. The Hall–Kier alpha value is -2.69. The van der Waals surface area contributed by atoms with Gasteiger partial charge in [-0.1, -0.05) is 45.9 Å². The minimum atomic E-state index is -2.11. The minimum absolute atomic E-state index is 0.0106. The smallest absolute Gasteiger partial charge is 0.326 e. The van der Waals surface area contributed by atoms with Crippen LogP contribution in [0.2, 0.25) is 18.1 Å². The summed E-state index contributed by atoms with van der Waals surface area (Å²) >= 11 is 1.56. The van der Waals surface area contributed by atoms with Gasteiger partial charge in [0.25, 0.3) is 5.69 Å². The topological polar surface area (TPSA) is 99.0 Å². The highest BCUT2D eigenvalue weighted by molar-refractivity contribution is 8.00. The fraction of sp³-hybridized carbons (Fsp3) is 0.481. The Morgan fingerprint density at radius 3 is 2.30 bits per heavy atom. The second-order valence-electron chi connectivity index (χ2n) is 10.7. The van der Waals surface area contributed by atoms with Gasteiger partial charge in [0.2, 0.25) is 5.91 Å². The highest BCUT2D eigenvalue weighted by Crippen LogP contribution is 2.45. The van der Waals surface area contributed by atoms with Crippen molar-refractivity contribution >= 4 is 37.6 Å². The van der Waals surface area contributed by atoms with Crippen molar-refractivity contribution in [2.75, 3.05) is 6.54 Å². The molecule has 1 saturated heterocycles. The van der Waals surface area contributed by atoms with Crippen LogP contribution in [0.1, 0.15) is 39.7 Å². The normalized spacial score (nSPS) is 18.8. The van der Waals surface area contributed by atoms with E-state index in [9.17, 15) is 19.7 Å². The molecule has 2 aromatic carbocycles. The first-order chi connectivity index (χ1) is 17.3. The van der Waals surface area contributed by atoms with Crippen LogP contribution in [0.15, 0.2) is 59.5 Å². The number of carbonyl (C=O) groups excluding carboxylic acids is 2. The van der Waals surface area contributed by atoms with E-state index in [0.29, 0.717) is 12.0 Å². The first-order valence-electron chi connectivity index (χ1n) is 12.4. The monoisotopic (exact) mass is 544 g/mol. The lowest BCUT2D eigenvalue weighted by Crippen LogP contribution is -2.65. The van der Waals surface area contributed by atoms with Crippen molar-refractivity contribution in [1.29, 1.82) is 0 Å². The van der Waals surface area contributed by atoms with Crippen molar-refractivity contribution in [3.05, 3.63) is 70.3 Å². The lowest BCUT2D eigenvalue weighted by atomic mass is 9.90. The number of nitro benzene ring substituents is 1. The summed E-state index contributed by atoms with van der Waals surface area (Å²) in [7, 11) is -2.11. The first-order valence-corrected chi connectivity index (χ1v) is 16.2. The number of hydrogen-bond donors (Lipinski definition) is 0. The quantitative estimate of drug-likeness (QED) is 0.112. The molecule has 3 rings (SSSR count). The molecule has 8 nitrogen and oxygen atoms in total. The van der Waals surface area contributed by atoms with E-state index in [1.807, 2.05) is 37.3 Å². The molecule has 3 atom stereocenters. The molecule has 1 aliphatic rings. The summed E-state index contributed by atoms with van der Waals surface area (Å²) in [6, 6.07) is 15.7. The molecule has 0 N–H and O–H groups in total. The molecule has 1 heterocycles. The zero-order valence-electron chi connectivity index (χ0n) is 22.3. The molecular weight excluding hydrogens is 508 g/mol. The number of rotatable bonds is 11. The van der Waals surface area contributed by atoms with Crippen LogP contribution in [-0.2, 0) is 25.4 Å². The summed E-state index contributed by atoms with van der Waals surface area (Å²) in [6.07, 6.45) is 0.467. The van der Waals surface area contributed by atoms with Gasteiger partial charge in [-0.15, -0.1) is 11.8 Å². The van der Waals surface area contributed by atoms with Crippen molar-refractivity contribution in [2.24, 2.45) is 5.92 Å². The van der Waals surface area contributed by atoms with E-state index in [4.69, 9.17) is 9.16 Å². The number of esters is 1. The number of thioether (sulfide) groups is 1. The molecule has 1 fully saturated rings. The average Bonchev–Trinajstić information content (AvgIpc) is 2.85. The van der Waals surface area contributed by atoms with Gasteiger partial charge in [-0.25, -0.2) is 0 Å². The summed E-state index contributed by atoms with van der Waals surface area (Å²) in [5.74, 6) is -0.986. The minimum Gasteiger partial charge on any atom is -0.459 e. The molecule has 2 aromatic rings. The van der Waals surface area contributed by atoms with Crippen molar-refractivity contribution in [3.63, 3.8) is 0 Å². The van der Waals surface area contributed by atoms with Gasteiger partial charge in [0.05, 0.1) is 22.3 Å². The van der Waals surface area contributed by atoms with Gasteiger partial charge >= 0.3 is 5.97 Å². The number of carbonyl (C=O) groups is 2. The standard InChI is InChI=1S/C27H36N2O6SSi/c1-7-22(35-37(5,6)27(2,3)4)24-25(31)28(26(24)36-21-11-9-8-10-12-21)17-23(30)34-18-19-13-15-20(16-14-19)29(32)33/h8-16,22,24,26H,7,17-18H2,1-6H3/t22?,24-,26?/m0/s1. The van der Waals surface area contributed by atoms with Crippen LogP contribution >= 0.6 is 11.8 Å². The van der Waals surface area contributed by atoms with E-state index in [2.05, 4.69) is 33.9 Å². The summed E-state index contributed by atoms with van der Waals surface area (Å²) in [5.41, 5.74) is 0.606. The van der Waals surface area contributed by atoms with Crippen molar-refractivity contribution in [2.45, 2.75) is 75.2 Å². The number of β-lactam (4-membered cyclic amide) rings is 1. The molecule has 10 heteroatoms. The maximum atomic E-state index is 13.4. The van der Waals surface area contributed by atoms with E-state index in [0.717, 1.165) is 4.90 Å². The Morgan fingerprint density at radius 1 is 1.14 bits per heavy atom. The Morgan fingerprint density at radius 2 is 1.76 bits per heavy atom. The third-order valence-corrected chi connectivity index (χ3v) is 12.9. The first kappa shape index (κ1) is 28.9. The number of ether oxygens (including phenoxy) is 1. The molecular formula is C27H36N2O6SSi. The van der Waals surface area contributed by atoms with Crippen LogP contribution < -0.4 is 0 Å². The van der Waals surface area contributed by atoms with E-state index < -0.39 is 19.2 Å². The second kappa shape index (κ2) is 11.8. The predicted molar refractivity (Wildman–Crippen MR) is 147 cm³/mol. The molecule has 200 valence electrons. The van der Waals surface area contributed by atoms with Crippen molar-refractivity contribution < 1.29 is 23.7 Å². The summed E-state index contributed by atoms with van der Waals surface area (Å²) in [5, 5.41) is 10.6. The number of hydrogen-bond acceptors (Lipinski definition) is 7. The van der Waals surface area contributed by atoms with Gasteiger partial charge in [-0.05, 0) is 54.4 Å². The van der Waals surface area contributed by atoms with Gasteiger partial charge in [0.15, 0.2) is 8.32 Å². The molecule has 37 heavy (non-hydrogen) atoms. The van der Waals surface area contributed by atoms with Crippen LogP contribution in [0.4, 0.5) is 5.69 Å². The van der Waals surface area contributed by atoms with E-state index in [1.165, 1.54) is 12.1 Å². The number of nitrogens with zero attached hydrogens (tertiary/aromatic N) is 2. The van der Waals surface area contributed by atoms with Crippen LogP contribution in [0.25, 0.3) is 0 Å². The SMILES string of the molecule is CCC(O[Si](C)(C)C(C)(C)C)[C@H]1C(=O)N(CC(=O)OCc2ccc([N+](=O)[O-])cc2)C1Sc1ccccc1. The Kier molecular flexibility index (Phi) is 9.20. The zero-order chi connectivity index (χ0) is 27.4. The highest BCUT2D eigenvalue weighted by atomic mass is 32.2. The summed E-state index contributed by atoms with van der Waals surface area (Å²) in [4.78, 5) is 39.0. The van der Waals surface area contributed by atoms with Crippen molar-refractivity contribution in [3.8, 4) is 0 Å². The molecule has 2 unspecified atom stereocenters. The van der Waals surface area contributed by atoms with Crippen LogP contribution in [0.5, 0.6) is 0 Å². The lowest BCUT2D eigenvalue weighted by molar-refractivity contribution is -0.384. The maximum absolute atomic E-state index is 13.4. The fourth-order valence-electron chi connectivity index (χ4n) is 3.86. The number of nitro groups is 1. The van der Waals surface area contributed by atoms with Crippen LogP contribution in [-0.4, -0.2) is 48.0 Å². The number of non-ortho nitro benzene ring substituents is 1. The third-order valence-electron chi connectivity index (χ3n) is 7.08. The van der Waals surface area contributed by atoms with Crippen LogP contribution in [0.3, 0.4) is 0 Å². The van der Waals surface area contributed by atoms with Gasteiger partial charge in [0, 0.05) is 17.0 Å². The summed E-state index contributed by atoms with van der Waals surface area (Å²) < 4.78 is 12.1. The van der Waals surface area contributed by atoms with Gasteiger partial charge in [0.1, 0.15) is 13.2 Å². The largest absolute Gasteiger partial charge is 0.459 e. The number of amides is 1. The van der Waals surface area contributed by atoms with Gasteiger partial charge in [-0.2, -0.15) is 0 Å². The molecule has 0 aromatic heterocycles. The number of benzene rings is 2. The Labute approximate surface area is 224 Å². The molecule has 1 aliphatic heterocycles. The fourth-order valence-corrected chi connectivity index (χ4v) is 6.63. The third kappa shape index (κ3) is 7.00. The highest BCUT2D eigenvalue weighted by Gasteiger charge is 2.54. The molecule has 0 bridgehead atoms. The predicted octanol–water partition coefficient (Wildman–Crippen LogP) is 6.02. The van der Waals surface area contributed by atoms with E-state index in [-0.39, 0.29) is 47.2 Å². The molecule has 0 radical (unpaired) electrons. The second-order valence-corrected chi connectivity index (χ2v) is 16.7. The summed E-state index contributed by atoms with van der Waals surface area (Å²) in [6.45, 7) is 12.8. The Balaban J connectivity index is 1.71.